The third-order valence-corrected chi connectivity index (χ3v) is 4.51. The number of hydrogen-bond acceptors (Lipinski definition) is 4. The van der Waals surface area contributed by atoms with Crippen LogP contribution in [0, 0.1) is 11.8 Å². The molecule has 2 unspecified atom stereocenters. The van der Waals surface area contributed by atoms with Gasteiger partial charge in [-0.15, -0.1) is 11.8 Å². The molecular weight excluding hydrogens is 288 g/mol. The molecule has 0 aromatic carbocycles. The maximum absolute atomic E-state index is 12.2. The topological polar surface area (TPSA) is 70.5 Å². The van der Waals surface area contributed by atoms with Crippen LogP contribution in [0.1, 0.15) is 19.0 Å². The summed E-state index contributed by atoms with van der Waals surface area (Å²) in [6, 6.07) is 5.72. The van der Waals surface area contributed by atoms with Crippen LogP contribution in [0.25, 0.3) is 0 Å². The highest BCUT2D eigenvalue weighted by molar-refractivity contribution is 7.99. The number of carbonyl (C=O) groups is 2. The predicted molar refractivity (Wildman–Crippen MR) is 81.9 cm³/mol. The number of thioether (sulfide) groups is 1. The van der Waals surface area contributed by atoms with Gasteiger partial charge in [-0.05, 0) is 24.5 Å². The highest BCUT2D eigenvalue weighted by Crippen LogP contribution is 2.22. The van der Waals surface area contributed by atoms with Crippen molar-refractivity contribution in [2.45, 2.75) is 19.1 Å². The van der Waals surface area contributed by atoms with Gasteiger partial charge >= 0.3 is 5.97 Å². The summed E-state index contributed by atoms with van der Waals surface area (Å²) in [7, 11) is 0. The zero-order valence-electron chi connectivity index (χ0n) is 12.1. The fraction of sp³-hybridized carbons (Fsp3) is 0.533. The van der Waals surface area contributed by atoms with Gasteiger partial charge in [-0.25, -0.2) is 0 Å². The van der Waals surface area contributed by atoms with E-state index in [2.05, 4.69) is 4.98 Å². The van der Waals surface area contributed by atoms with Crippen LogP contribution in [0.4, 0.5) is 0 Å². The summed E-state index contributed by atoms with van der Waals surface area (Å²) in [6.07, 6.45) is 2.39. The zero-order valence-corrected chi connectivity index (χ0v) is 12.9. The van der Waals surface area contributed by atoms with Gasteiger partial charge in [0, 0.05) is 25.0 Å². The smallest absolute Gasteiger partial charge is 0.308 e. The molecule has 0 saturated carbocycles. The molecule has 0 spiro atoms. The molecule has 1 fully saturated rings. The fourth-order valence-corrected chi connectivity index (χ4v) is 3.39. The van der Waals surface area contributed by atoms with Gasteiger partial charge in [0.1, 0.15) is 0 Å². The summed E-state index contributed by atoms with van der Waals surface area (Å²) in [6.45, 7) is 2.99. The lowest BCUT2D eigenvalue weighted by Crippen LogP contribution is -2.46. The minimum Gasteiger partial charge on any atom is -0.481 e. The number of nitrogens with zero attached hydrogens (tertiary/aromatic N) is 2. The Bertz CT molecular complexity index is 495. The van der Waals surface area contributed by atoms with Crippen molar-refractivity contribution >= 4 is 23.6 Å². The lowest BCUT2D eigenvalue weighted by molar-refractivity contribution is -0.146. The maximum Gasteiger partial charge on any atom is 0.308 e. The van der Waals surface area contributed by atoms with E-state index >= 15 is 0 Å². The Hall–Kier alpha value is -1.56. The Labute approximate surface area is 128 Å². The minimum absolute atomic E-state index is 0.0220. The van der Waals surface area contributed by atoms with Gasteiger partial charge in [0.2, 0.25) is 5.91 Å². The Morgan fingerprint density at radius 1 is 1.43 bits per heavy atom. The number of amides is 1. The molecule has 1 aromatic heterocycles. The second-order valence-electron chi connectivity index (χ2n) is 5.49. The molecule has 0 bridgehead atoms. The SMILES string of the molecule is CC1CC(C(=O)O)CN(C(=O)CSCc2ccccn2)C1. The first-order chi connectivity index (χ1) is 10.1. The van der Waals surface area contributed by atoms with Gasteiger partial charge in [-0.3, -0.25) is 14.6 Å². The van der Waals surface area contributed by atoms with Crippen LogP contribution in [0.15, 0.2) is 24.4 Å². The van der Waals surface area contributed by atoms with Crippen molar-refractivity contribution < 1.29 is 14.7 Å². The molecule has 2 rings (SSSR count). The Kier molecular flexibility index (Phi) is 5.61. The molecule has 1 N–H and O–H groups in total. The van der Waals surface area contributed by atoms with Crippen LogP contribution in [0.2, 0.25) is 0 Å². The van der Waals surface area contributed by atoms with E-state index in [0.29, 0.717) is 31.0 Å². The summed E-state index contributed by atoms with van der Waals surface area (Å²) in [5.41, 5.74) is 0.950. The van der Waals surface area contributed by atoms with Gasteiger partial charge in [0.15, 0.2) is 0 Å². The maximum atomic E-state index is 12.2. The predicted octanol–water partition coefficient (Wildman–Crippen LogP) is 1.88. The van der Waals surface area contributed by atoms with Crippen LogP contribution >= 0.6 is 11.8 Å². The normalized spacial score (nSPS) is 22.0. The summed E-state index contributed by atoms with van der Waals surface area (Å²) in [4.78, 5) is 29.2. The number of piperidine rings is 1. The number of aliphatic carboxylic acids is 1. The second-order valence-corrected chi connectivity index (χ2v) is 6.47. The van der Waals surface area contributed by atoms with Gasteiger partial charge in [-0.2, -0.15) is 0 Å². The second kappa shape index (κ2) is 7.45. The largest absolute Gasteiger partial charge is 0.481 e. The molecule has 1 aliphatic heterocycles. The van der Waals surface area contributed by atoms with E-state index in [4.69, 9.17) is 5.11 Å². The molecule has 0 radical (unpaired) electrons. The number of likely N-dealkylation sites (tertiary alicyclic amines) is 1. The van der Waals surface area contributed by atoms with E-state index in [0.717, 1.165) is 5.69 Å². The van der Waals surface area contributed by atoms with E-state index < -0.39 is 11.9 Å². The lowest BCUT2D eigenvalue weighted by Gasteiger charge is -2.34. The molecule has 1 aromatic rings. The van der Waals surface area contributed by atoms with Crippen LogP contribution in [0.3, 0.4) is 0 Å². The summed E-state index contributed by atoms with van der Waals surface area (Å²) >= 11 is 1.52. The number of aromatic nitrogens is 1. The fourth-order valence-electron chi connectivity index (χ4n) is 2.55. The number of carboxylic acid groups (broad SMARTS) is 1. The van der Waals surface area contributed by atoms with Crippen molar-refractivity contribution in [3.63, 3.8) is 0 Å². The van der Waals surface area contributed by atoms with E-state index in [1.807, 2.05) is 25.1 Å². The molecule has 0 aliphatic carbocycles. The molecule has 1 aliphatic rings. The van der Waals surface area contributed by atoms with E-state index in [1.54, 1.807) is 11.1 Å². The quantitative estimate of drug-likeness (QED) is 0.899. The minimum atomic E-state index is -0.805. The molecular formula is C15H20N2O3S. The molecule has 6 heteroatoms. The van der Waals surface area contributed by atoms with E-state index in [9.17, 15) is 9.59 Å². The van der Waals surface area contributed by atoms with E-state index in [1.165, 1.54) is 11.8 Å². The first-order valence-electron chi connectivity index (χ1n) is 7.04. The molecule has 1 amide bonds. The zero-order chi connectivity index (χ0) is 15.2. The molecule has 1 saturated heterocycles. The Morgan fingerprint density at radius 3 is 2.90 bits per heavy atom. The Balaban J connectivity index is 1.81. The van der Waals surface area contributed by atoms with Crippen molar-refractivity contribution in [3.05, 3.63) is 30.1 Å². The summed E-state index contributed by atoms with van der Waals surface area (Å²) < 4.78 is 0. The van der Waals surface area contributed by atoms with Gasteiger partial charge in [0.25, 0.3) is 0 Å². The monoisotopic (exact) mass is 308 g/mol. The number of rotatable bonds is 5. The number of carbonyl (C=O) groups excluding carboxylic acids is 1. The van der Waals surface area contributed by atoms with Crippen LogP contribution in [-0.2, 0) is 15.3 Å². The van der Waals surface area contributed by atoms with E-state index in [-0.39, 0.29) is 11.8 Å². The Morgan fingerprint density at radius 2 is 2.24 bits per heavy atom. The lowest BCUT2D eigenvalue weighted by atomic mass is 9.90. The van der Waals surface area contributed by atoms with Crippen LogP contribution < -0.4 is 0 Å². The van der Waals surface area contributed by atoms with Crippen LogP contribution in [0.5, 0.6) is 0 Å². The van der Waals surface area contributed by atoms with Crippen molar-refractivity contribution in [1.29, 1.82) is 0 Å². The molecule has 5 nitrogen and oxygen atoms in total. The highest BCUT2D eigenvalue weighted by Gasteiger charge is 2.31. The first-order valence-corrected chi connectivity index (χ1v) is 8.20. The van der Waals surface area contributed by atoms with Crippen molar-refractivity contribution in [2.75, 3.05) is 18.8 Å². The van der Waals surface area contributed by atoms with Crippen molar-refractivity contribution in [2.24, 2.45) is 11.8 Å². The molecule has 2 heterocycles. The molecule has 21 heavy (non-hydrogen) atoms. The molecule has 2 atom stereocenters. The van der Waals surface area contributed by atoms with Crippen LogP contribution in [-0.4, -0.2) is 45.7 Å². The van der Waals surface area contributed by atoms with Crippen molar-refractivity contribution in [1.82, 2.24) is 9.88 Å². The molecule has 114 valence electrons. The van der Waals surface area contributed by atoms with Gasteiger partial charge in [-0.1, -0.05) is 13.0 Å². The van der Waals surface area contributed by atoms with Gasteiger partial charge in [0.05, 0.1) is 17.4 Å². The van der Waals surface area contributed by atoms with Gasteiger partial charge < -0.3 is 10.0 Å². The van der Waals surface area contributed by atoms with Crippen molar-refractivity contribution in [3.8, 4) is 0 Å². The highest BCUT2D eigenvalue weighted by atomic mass is 32.2. The third-order valence-electron chi connectivity index (χ3n) is 3.56. The average Bonchev–Trinajstić information content (AvgIpc) is 2.47. The summed E-state index contributed by atoms with van der Waals surface area (Å²) in [5.74, 6) is 0.0887. The first kappa shape index (κ1) is 15.8. The number of carboxylic acids is 1. The average molecular weight is 308 g/mol. The number of pyridine rings is 1. The number of hydrogen-bond donors (Lipinski definition) is 1. The third kappa shape index (κ3) is 4.74. The summed E-state index contributed by atoms with van der Waals surface area (Å²) in [5, 5.41) is 9.13. The standard InChI is InChI=1S/C15H20N2O3S/c1-11-6-12(15(19)20)8-17(7-11)14(18)10-21-9-13-4-2-3-5-16-13/h2-5,11-12H,6-10H2,1H3,(H,19,20).